The zero-order valence-corrected chi connectivity index (χ0v) is 12.4. The van der Waals surface area contributed by atoms with Crippen LogP contribution in [0.5, 0.6) is 11.5 Å². The molecule has 0 bridgehead atoms. The smallest absolute Gasteiger partial charge is 0.244 e. The summed E-state index contributed by atoms with van der Waals surface area (Å²) in [6.07, 6.45) is 6.57. The van der Waals surface area contributed by atoms with Crippen LogP contribution in [0.2, 0.25) is 0 Å². The molecule has 0 aliphatic heterocycles. The van der Waals surface area contributed by atoms with Gasteiger partial charge in [-0.1, -0.05) is 19.8 Å². The van der Waals surface area contributed by atoms with E-state index in [-0.39, 0.29) is 5.91 Å². The van der Waals surface area contributed by atoms with Crippen LogP contribution in [0.25, 0.3) is 6.08 Å². The molecule has 4 nitrogen and oxygen atoms in total. The molecule has 1 aromatic rings. The molecule has 110 valence electrons. The Morgan fingerprint density at radius 2 is 2.05 bits per heavy atom. The molecule has 4 heteroatoms. The third kappa shape index (κ3) is 5.34. The maximum Gasteiger partial charge on any atom is 0.244 e. The van der Waals surface area contributed by atoms with Crippen molar-refractivity contribution >= 4 is 12.0 Å². The molecule has 0 saturated carbocycles. The highest BCUT2D eigenvalue weighted by Crippen LogP contribution is 2.25. The van der Waals surface area contributed by atoms with Crippen LogP contribution in [0.3, 0.4) is 0 Å². The van der Waals surface area contributed by atoms with Crippen molar-refractivity contribution in [3.05, 3.63) is 29.8 Å². The molecule has 0 fully saturated rings. The molecule has 0 saturated heterocycles. The number of hydrogen-bond donors (Lipinski definition) is 1. The van der Waals surface area contributed by atoms with E-state index in [0.29, 0.717) is 5.75 Å². The van der Waals surface area contributed by atoms with Gasteiger partial charge in [-0.25, -0.2) is 0 Å². The first kappa shape index (κ1) is 16.1. The van der Waals surface area contributed by atoms with E-state index in [1.807, 2.05) is 12.1 Å². The van der Waals surface area contributed by atoms with E-state index in [1.54, 1.807) is 26.4 Å². The first-order valence-electron chi connectivity index (χ1n) is 6.89. The number of benzene rings is 1. The van der Waals surface area contributed by atoms with Gasteiger partial charge in [0.1, 0.15) is 11.5 Å². The van der Waals surface area contributed by atoms with Gasteiger partial charge in [0.05, 0.1) is 14.2 Å². The van der Waals surface area contributed by atoms with Crippen LogP contribution in [-0.4, -0.2) is 26.7 Å². The van der Waals surface area contributed by atoms with Crippen molar-refractivity contribution in [2.75, 3.05) is 20.8 Å². The van der Waals surface area contributed by atoms with Gasteiger partial charge in [0.2, 0.25) is 5.91 Å². The maximum atomic E-state index is 11.6. The first-order valence-corrected chi connectivity index (χ1v) is 6.89. The molecule has 1 aromatic carbocycles. The fourth-order valence-electron chi connectivity index (χ4n) is 1.77. The molecule has 20 heavy (non-hydrogen) atoms. The van der Waals surface area contributed by atoms with Crippen molar-refractivity contribution in [2.45, 2.75) is 26.2 Å². The summed E-state index contributed by atoms with van der Waals surface area (Å²) >= 11 is 0. The van der Waals surface area contributed by atoms with E-state index >= 15 is 0 Å². The molecule has 0 atom stereocenters. The topological polar surface area (TPSA) is 47.6 Å². The fraction of sp³-hybridized carbons (Fsp3) is 0.438. The highest BCUT2D eigenvalue weighted by Gasteiger charge is 2.02. The van der Waals surface area contributed by atoms with Crippen molar-refractivity contribution in [1.29, 1.82) is 0 Å². The second-order valence-corrected chi connectivity index (χ2v) is 4.44. The Kier molecular flexibility index (Phi) is 7.25. The Bertz CT molecular complexity index is 455. The average Bonchev–Trinajstić information content (AvgIpc) is 2.49. The predicted molar refractivity (Wildman–Crippen MR) is 81.1 cm³/mol. The summed E-state index contributed by atoms with van der Waals surface area (Å²) in [5, 5.41) is 2.86. The quantitative estimate of drug-likeness (QED) is 0.587. The van der Waals surface area contributed by atoms with Crippen LogP contribution in [0.15, 0.2) is 24.3 Å². The second kappa shape index (κ2) is 9.02. The molecule has 0 radical (unpaired) electrons. The number of rotatable bonds is 8. The molecule has 0 aliphatic rings. The van der Waals surface area contributed by atoms with Gasteiger partial charge in [-0.05, 0) is 24.6 Å². The van der Waals surface area contributed by atoms with Crippen LogP contribution < -0.4 is 14.8 Å². The minimum atomic E-state index is -0.0843. The zero-order chi connectivity index (χ0) is 14.8. The van der Waals surface area contributed by atoms with Crippen molar-refractivity contribution in [3.63, 3.8) is 0 Å². The Balaban J connectivity index is 2.58. The normalized spacial score (nSPS) is 10.6. The molecular weight excluding hydrogens is 254 g/mol. The van der Waals surface area contributed by atoms with E-state index in [0.717, 1.165) is 37.1 Å². The van der Waals surface area contributed by atoms with Crippen molar-refractivity contribution in [3.8, 4) is 11.5 Å². The van der Waals surface area contributed by atoms with Crippen LogP contribution in [0.1, 0.15) is 31.7 Å². The Morgan fingerprint density at radius 1 is 1.25 bits per heavy atom. The van der Waals surface area contributed by atoms with Crippen molar-refractivity contribution in [1.82, 2.24) is 5.32 Å². The lowest BCUT2D eigenvalue weighted by molar-refractivity contribution is -0.116. The average molecular weight is 277 g/mol. The Hall–Kier alpha value is -1.97. The predicted octanol–water partition coefficient (Wildman–Crippen LogP) is 3.02. The number of carbonyl (C=O) groups excluding carboxylic acids is 1. The monoisotopic (exact) mass is 277 g/mol. The highest BCUT2D eigenvalue weighted by molar-refractivity contribution is 5.92. The number of unbranched alkanes of at least 4 members (excludes halogenated alkanes) is 2. The largest absolute Gasteiger partial charge is 0.497 e. The molecule has 0 heterocycles. The van der Waals surface area contributed by atoms with E-state index in [4.69, 9.17) is 9.47 Å². The lowest BCUT2D eigenvalue weighted by Crippen LogP contribution is -2.21. The molecular formula is C16H23NO3. The van der Waals surface area contributed by atoms with Crippen molar-refractivity contribution < 1.29 is 14.3 Å². The third-order valence-electron chi connectivity index (χ3n) is 2.93. The van der Waals surface area contributed by atoms with E-state index < -0.39 is 0 Å². The molecule has 1 amide bonds. The summed E-state index contributed by atoms with van der Waals surface area (Å²) in [5.41, 5.74) is 0.844. The van der Waals surface area contributed by atoms with Gasteiger partial charge in [0, 0.05) is 24.3 Å². The van der Waals surface area contributed by atoms with Gasteiger partial charge in [0.25, 0.3) is 0 Å². The number of hydrogen-bond acceptors (Lipinski definition) is 3. The van der Waals surface area contributed by atoms with Crippen LogP contribution in [-0.2, 0) is 4.79 Å². The SMILES string of the molecule is CCCCCNC(=O)/C=C/c1ccc(OC)cc1OC. The zero-order valence-electron chi connectivity index (χ0n) is 12.4. The minimum Gasteiger partial charge on any atom is -0.497 e. The molecule has 0 unspecified atom stereocenters. The number of carbonyl (C=O) groups is 1. The second-order valence-electron chi connectivity index (χ2n) is 4.44. The van der Waals surface area contributed by atoms with E-state index in [1.165, 1.54) is 6.08 Å². The van der Waals surface area contributed by atoms with Crippen molar-refractivity contribution in [2.24, 2.45) is 0 Å². The van der Waals surface area contributed by atoms with E-state index in [9.17, 15) is 4.79 Å². The van der Waals surface area contributed by atoms with Gasteiger partial charge < -0.3 is 14.8 Å². The van der Waals surface area contributed by atoms with Crippen LogP contribution >= 0.6 is 0 Å². The summed E-state index contributed by atoms with van der Waals surface area (Å²) in [6.45, 7) is 2.86. The number of methoxy groups -OCH3 is 2. The number of amides is 1. The lowest BCUT2D eigenvalue weighted by atomic mass is 10.1. The van der Waals surface area contributed by atoms with Gasteiger partial charge in [0.15, 0.2) is 0 Å². The van der Waals surface area contributed by atoms with Gasteiger partial charge >= 0.3 is 0 Å². The van der Waals surface area contributed by atoms with E-state index in [2.05, 4.69) is 12.2 Å². The third-order valence-corrected chi connectivity index (χ3v) is 2.93. The van der Waals surface area contributed by atoms with Crippen LogP contribution in [0.4, 0.5) is 0 Å². The minimum absolute atomic E-state index is 0.0843. The fourth-order valence-corrected chi connectivity index (χ4v) is 1.77. The van der Waals surface area contributed by atoms with Crippen LogP contribution in [0, 0.1) is 0 Å². The standard InChI is InChI=1S/C16H23NO3/c1-4-5-6-11-17-16(18)10-8-13-7-9-14(19-2)12-15(13)20-3/h7-10,12H,4-6,11H2,1-3H3,(H,17,18)/b10-8+. The molecule has 0 aromatic heterocycles. The molecule has 1 N–H and O–H groups in total. The number of nitrogens with one attached hydrogen (secondary N) is 1. The number of ether oxygens (including phenoxy) is 2. The highest BCUT2D eigenvalue weighted by atomic mass is 16.5. The molecule has 0 spiro atoms. The summed E-state index contributed by atoms with van der Waals surface area (Å²) in [7, 11) is 3.20. The summed E-state index contributed by atoms with van der Waals surface area (Å²) in [5.74, 6) is 1.32. The summed E-state index contributed by atoms with van der Waals surface area (Å²) < 4.78 is 10.4. The summed E-state index contributed by atoms with van der Waals surface area (Å²) in [4.78, 5) is 11.6. The maximum absolute atomic E-state index is 11.6. The molecule has 0 aliphatic carbocycles. The summed E-state index contributed by atoms with van der Waals surface area (Å²) in [6, 6.07) is 5.48. The first-order chi connectivity index (χ1) is 9.71. The van der Waals surface area contributed by atoms with Gasteiger partial charge in [-0.15, -0.1) is 0 Å². The molecule has 1 rings (SSSR count). The Labute approximate surface area is 120 Å². The Morgan fingerprint density at radius 3 is 2.70 bits per heavy atom. The van der Waals surface area contributed by atoms with Gasteiger partial charge in [-0.2, -0.15) is 0 Å². The van der Waals surface area contributed by atoms with Gasteiger partial charge in [-0.3, -0.25) is 4.79 Å². The lowest BCUT2D eigenvalue weighted by Gasteiger charge is -2.07.